The van der Waals surface area contributed by atoms with Crippen molar-refractivity contribution in [2.45, 2.75) is 12.6 Å². The maximum absolute atomic E-state index is 9.99. The predicted octanol–water partition coefficient (Wildman–Crippen LogP) is 2.01. The summed E-state index contributed by atoms with van der Waals surface area (Å²) >= 11 is 3.37. The molecule has 1 aromatic carbocycles. The molecular weight excluding hydrogens is 294 g/mol. The lowest BCUT2D eigenvalue weighted by Crippen LogP contribution is -2.21. The molecule has 2 aromatic rings. The van der Waals surface area contributed by atoms with Gasteiger partial charge in [0.1, 0.15) is 0 Å². The number of halogens is 1. The van der Waals surface area contributed by atoms with Gasteiger partial charge < -0.3 is 10.4 Å². The molecule has 0 bridgehead atoms. The summed E-state index contributed by atoms with van der Waals surface area (Å²) in [6.07, 6.45) is 1.41. The summed E-state index contributed by atoms with van der Waals surface area (Å²) in [5.74, 6) is 0. The fourth-order valence-electron chi connectivity index (χ4n) is 1.70. The van der Waals surface area contributed by atoms with Crippen LogP contribution in [0.15, 0.2) is 41.0 Å². The third-order valence-corrected chi connectivity index (χ3v) is 3.20. The van der Waals surface area contributed by atoms with Crippen LogP contribution in [0.1, 0.15) is 17.4 Å². The normalized spacial score (nSPS) is 12.6. The maximum atomic E-state index is 9.99. The number of rotatable bonds is 5. The summed E-state index contributed by atoms with van der Waals surface area (Å²) in [7, 11) is 1.89. The molecule has 0 aliphatic heterocycles. The second-order valence-corrected chi connectivity index (χ2v) is 5.09. The zero-order valence-electron chi connectivity index (χ0n) is 10.2. The Morgan fingerprint density at radius 3 is 2.67 bits per heavy atom. The maximum Gasteiger partial charge on any atom is 0.0914 e. The molecule has 0 amide bonds. The Labute approximate surface area is 115 Å². The van der Waals surface area contributed by atoms with Gasteiger partial charge in [-0.3, -0.25) is 4.68 Å². The van der Waals surface area contributed by atoms with Gasteiger partial charge in [0.05, 0.1) is 11.8 Å². The van der Waals surface area contributed by atoms with Crippen LogP contribution in [-0.4, -0.2) is 21.4 Å². The second-order valence-electron chi connectivity index (χ2n) is 4.18. The smallest absolute Gasteiger partial charge is 0.0914 e. The molecule has 1 heterocycles. The molecule has 2 rings (SSSR count). The monoisotopic (exact) mass is 309 g/mol. The van der Waals surface area contributed by atoms with Crippen molar-refractivity contribution in [1.82, 2.24) is 15.1 Å². The molecule has 1 atom stereocenters. The molecule has 2 N–H and O–H groups in total. The SMILES string of the molecule is Cn1ccc(CNC[C@H](O)c2ccc(Br)cc2)n1. The van der Waals surface area contributed by atoms with E-state index in [4.69, 9.17) is 0 Å². The summed E-state index contributed by atoms with van der Waals surface area (Å²) in [5.41, 5.74) is 1.88. The molecule has 0 spiro atoms. The minimum absolute atomic E-state index is 0.498. The van der Waals surface area contributed by atoms with Gasteiger partial charge in [-0.15, -0.1) is 0 Å². The average Bonchev–Trinajstić information content (AvgIpc) is 2.76. The summed E-state index contributed by atoms with van der Waals surface area (Å²) in [6.45, 7) is 1.17. The van der Waals surface area contributed by atoms with E-state index in [1.54, 1.807) is 4.68 Å². The van der Waals surface area contributed by atoms with Gasteiger partial charge >= 0.3 is 0 Å². The lowest BCUT2D eigenvalue weighted by atomic mass is 10.1. The van der Waals surface area contributed by atoms with Crippen molar-refractivity contribution in [2.75, 3.05) is 6.54 Å². The molecule has 18 heavy (non-hydrogen) atoms. The third kappa shape index (κ3) is 3.66. The number of aliphatic hydroxyl groups excluding tert-OH is 1. The molecule has 0 fully saturated rings. The van der Waals surface area contributed by atoms with Crippen LogP contribution in [-0.2, 0) is 13.6 Å². The van der Waals surface area contributed by atoms with Crippen molar-refractivity contribution in [3.63, 3.8) is 0 Å². The largest absolute Gasteiger partial charge is 0.387 e. The molecule has 5 heteroatoms. The molecule has 0 aliphatic rings. The van der Waals surface area contributed by atoms with E-state index < -0.39 is 6.10 Å². The third-order valence-electron chi connectivity index (χ3n) is 2.67. The Morgan fingerprint density at radius 2 is 2.06 bits per heavy atom. The fraction of sp³-hybridized carbons (Fsp3) is 0.308. The standard InChI is InChI=1S/C13H16BrN3O/c1-17-7-6-12(16-17)8-15-9-13(18)10-2-4-11(14)5-3-10/h2-7,13,15,18H,8-9H2,1H3/t13-/m0/s1. The fourth-order valence-corrected chi connectivity index (χ4v) is 1.96. The predicted molar refractivity (Wildman–Crippen MR) is 74.0 cm³/mol. The van der Waals surface area contributed by atoms with Crippen LogP contribution in [0, 0.1) is 0 Å². The summed E-state index contributed by atoms with van der Waals surface area (Å²) < 4.78 is 2.78. The number of hydrogen-bond acceptors (Lipinski definition) is 3. The zero-order valence-corrected chi connectivity index (χ0v) is 11.8. The number of nitrogens with one attached hydrogen (secondary N) is 1. The van der Waals surface area contributed by atoms with Crippen molar-refractivity contribution < 1.29 is 5.11 Å². The lowest BCUT2D eigenvalue weighted by molar-refractivity contribution is 0.174. The molecule has 4 nitrogen and oxygen atoms in total. The van der Waals surface area contributed by atoms with E-state index in [1.165, 1.54) is 0 Å². The average molecular weight is 310 g/mol. The van der Waals surface area contributed by atoms with E-state index in [-0.39, 0.29) is 0 Å². The first-order valence-corrected chi connectivity index (χ1v) is 6.57. The Balaban J connectivity index is 1.81. The minimum Gasteiger partial charge on any atom is -0.387 e. The first-order chi connectivity index (χ1) is 8.65. The van der Waals surface area contributed by atoms with Gasteiger partial charge in [0.15, 0.2) is 0 Å². The highest BCUT2D eigenvalue weighted by molar-refractivity contribution is 9.10. The highest BCUT2D eigenvalue weighted by Gasteiger charge is 2.07. The van der Waals surface area contributed by atoms with Crippen LogP contribution in [0.5, 0.6) is 0 Å². The second kappa shape index (κ2) is 6.13. The minimum atomic E-state index is -0.498. The molecule has 96 valence electrons. The van der Waals surface area contributed by atoms with E-state index in [2.05, 4.69) is 26.3 Å². The van der Waals surface area contributed by atoms with Crippen LogP contribution in [0.4, 0.5) is 0 Å². The Kier molecular flexibility index (Phi) is 4.52. The van der Waals surface area contributed by atoms with Crippen LogP contribution in [0.3, 0.4) is 0 Å². The van der Waals surface area contributed by atoms with Crippen molar-refractivity contribution >= 4 is 15.9 Å². The van der Waals surface area contributed by atoms with E-state index in [0.717, 1.165) is 15.7 Å². The molecule has 1 aromatic heterocycles. The van der Waals surface area contributed by atoms with E-state index in [9.17, 15) is 5.11 Å². The van der Waals surface area contributed by atoms with Crippen LogP contribution in [0.25, 0.3) is 0 Å². The molecule has 0 saturated carbocycles. The van der Waals surface area contributed by atoms with E-state index >= 15 is 0 Å². The van der Waals surface area contributed by atoms with Crippen molar-refractivity contribution in [1.29, 1.82) is 0 Å². The first kappa shape index (κ1) is 13.3. The van der Waals surface area contributed by atoms with Crippen LogP contribution in [0.2, 0.25) is 0 Å². The van der Waals surface area contributed by atoms with Crippen molar-refractivity contribution in [3.05, 3.63) is 52.3 Å². The van der Waals surface area contributed by atoms with E-state index in [1.807, 2.05) is 43.6 Å². The molecule has 0 radical (unpaired) electrons. The van der Waals surface area contributed by atoms with Gasteiger partial charge in [0, 0.05) is 30.8 Å². The highest BCUT2D eigenvalue weighted by Crippen LogP contribution is 2.16. The molecule has 0 unspecified atom stereocenters. The Morgan fingerprint density at radius 1 is 1.33 bits per heavy atom. The highest BCUT2D eigenvalue weighted by atomic mass is 79.9. The van der Waals surface area contributed by atoms with Gasteiger partial charge in [0.2, 0.25) is 0 Å². The topological polar surface area (TPSA) is 50.1 Å². The lowest BCUT2D eigenvalue weighted by Gasteiger charge is -2.11. The van der Waals surface area contributed by atoms with Gasteiger partial charge in [-0.1, -0.05) is 28.1 Å². The first-order valence-electron chi connectivity index (χ1n) is 5.78. The van der Waals surface area contributed by atoms with E-state index in [0.29, 0.717) is 13.1 Å². The number of aromatic nitrogens is 2. The van der Waals surface area contributed by atoms with Gasteiger partial charge in [-0.25, -0.2) is 0 Å². The quantitative estimate of drug-likeness (QED) is 0.888. The number of nitrogens with zero attached hydrogens (tertiary/aromatic N) is 2. The van der Waals surface area contributed by atoms with Gasteiger partial charge in [0.25, 0.3) is 0 Å². The van der Waals surface area contributed by atoms with Gasteiger partial charge in [-0.05, 0) is 23.8 Å². The summed E-state index contributed by atoms with van der Waals surface area (Å²) in [5, 5.41) is 17.4. The molecule has 0 saturated heterocycles. The van der Waals surface area contributed by atoms with Crippen molar-refractivity contribution in [3.8, 4) is 0 Å². The van der Waals surface area contributed by atoms with Gasteiger partial charge in [-0.2, -0.15) is 5.10 Å². The molecular formula is C13H16BrN3O. The van der Waals surface area contributed by atoms with Crippen LogP contribution >= 0.6 is 15.9 Å². The number of hydrogen-bond donors (Lipinski definition) is 2. The Hall–Kier alpha value is -1.17. The summed E-state index contributed by atoms with van der Waals surface area (Å²) in [4.78, 5) is 0. The summed E-state index contributed by atoms with van der Waals surface area (Å²) in [6, 6.07) is 9.64. The number of benzene rings is 1. The number of aryl methyl sites for hydroxylation is 1. The van der Waals surface area contributed by atoms with Crippen LogP contribution < -0.4 is 5.32 Å². The zero-order chi connectivity index (χ0) is 13.0. The Bertz CT molecular complexity index is 495. The van der Waals surface area contributed by atoms with Crippen molar-refractivity contribution in [2.24, 2.45) is 7.05 Å². The molecule has 0 aliphatic carbocycles. The number of aliphatic hydroxyl groups is 1.